The molecule has 2 unspecified atom stereocenters. The molecule has 1 heterocycles. The molecule has 1 fully saturated rings. The molecule has 1 rings (SSSR count). The number of esters is 1. The van der Waals surface area contributed by atoms with Crippen molar-refractivity contribution >= 4 is 5.97 Å². The molecule has 0 aromatic carbocycles. The molecule has 0 bridgehead atoms. The minimum atomic E-state index is -1.57. The number of aliphatic hydroxyl groups is 5. The molecule has 9 heteroatoms. The number of aliphatic hydroxyl groups excluding tert-OH is 5. The summed E-state index contributed by atoms with van der Waals surface area (Å²) in [4.78, 5) is 11.7. The van der Waals surface area contributed by atoms with Gasteiger partial charge in [0.25, 0.3) is 0 Å². The van der Waals surface area contributed by atoms with E-state index in [0.29, 0.717) is 0 Å². The highest BCUT2D eigenvalue weighted by Crippen LogP contribution is 2.23. The Morgan fingerprint density at radius 2 is 1.73 bits per heavy atom. The predicted octanol–water partition coefficient (Wildman–Crippen LogP) is -0.932. The lowest BCUT2D eigenvalue weighted by molar-refractivity contribution is -0.315. The second-order valence-corrected chi connectivity index (χ2v) is 6.49. The van der Waals surface area contributed by atoms with Crippen LogP contribution in [-0.2, 0) is 19.0 Å². The van der Waals surface area contributed by atoms with E-state index < -0.39 is 56.0 Å². The van der Waals surface area contributed by atoms with Gasteiger partial charge in [-0.25, -0.2) is 0 Å². The number of rotatable bonds is 12. The third-order valence-corrected chi connectivity index (χ3v) is 4.29. The van der Waals surface area contributed by atoms with E-state index in [4.69, 9.17) is 19.3 Å². The van der Waals surface area contributed by atoms with Crippen molar-refractivity contribution in [3.05, 3.63) is 0 Å². The van der Waals surface area contributed by atoms with Crippen molar-refractivity contribution < 1.29 is 44.5 Å². The van der Waals surface area contributed by atoms with Crippen LogP contribution in [-0.4, -0.2) is 88.1 Å². The van der Waals surface area contributed by atoms with Crippen LogP contribution in [0.3, 0.4) is 0 Å². The summed E-state index contributed by atoms with van der Waals surface area (Å²) < 4.78 is 15.6. The first-order valence-corrected chi connectivity index (χ1v) is 9.17. The number of carbonyl (C=O) groups is 1. The molecule has 1 aliphatic heterocycles. The molecule has 5 N–H and O–H groups in total. The van der Waals surface area contributed by atoms with Crippen LogP contribution in [0.4, 0.5) is 0 Å². The minimum absolute atomic E-state index is 0.237. The van der Waals surface area contributed by atoms with Gasteiger partial charge in [-0.2, -0.15) is 0 Å². The fourth-order valence-electron chi connectivity index (χ4n) is 2.64. The molecule has 0 aromatic rings. The lowest BCUT2D eigenvalue weighted by Crippen LogP contribution is -2.60. The largest absolute Gasteiger partial charge is 0.463 e. The average molecular weight is 380 g/mol. The van der Waals surface area contributed by atoms with E-state index in [0.717, 1.165) is 32.1 Å². The second-order valence-electron chi connectivity index (χ2n) is 6.49. The van der Waals surface area contributed by atoms with Crippen LogP contribution in [0.2, 0.25) is 0 Å². The van der Waals surface area contributed by atoms with Crippen LogP contribution in [0.25, 0.3) is 0 Å². The van der Waals surface area contributed by atoms with Crippen molar-refractivity contribution in [3.63, 3.8) is 0 Å². The first kappa shape index (κ1) is 23.2. The van der Waals surface area contributed by atoms with E-state index in [-0.39, 0.29) is 13.0 Å². The van der Waals surface area contributed by atoms with Crippen molar-refractivity contribution in [2.75, 3.05) is 19.8 Å². The van der Waals surface area contributed by atoms with Gasteiger partial charge in [0.1, 0.15) is 37.1 Å². The molecule has 0 radical (unpaired) electrons. The van der Waals surface area contributed by atoms with Crippen molar-refractivity contribution in [2.24, 2.45) is 0 Å². The molecule has 1 saturated heterocycles. The van der Waals surface area contributed by atoms with E-state index in [1.165, 1.54) is 0 Å². The normalized spacial score (nSPS) is 30.2. The van der Waals surface area contributed by atoms with Crippen LogP contribution in [0, 0.1) is 0 Å². The molecule has 0 aliphatic carbocycles. The standard InChI is InChI=1S/C17H32O9/c1-2-3-4-5-6-7-13(20)24-10-11(8-18)25-17-16(23)15(22)14(21)12(9-19)26-17/h11-12,14-19,21-23H,2-10H2,1H3/t11?,12-,14+,15+,16-,17?/m1/s1. The Balaban J connectivity index is 2.38. The molecule has 6 atom stereocenters. The Hall–Kier alpha value is -0.810. The van der Waals surface area contributed by atoms with Crippen molar-refractivity contribution in [2.45, 2.75) is 82.3 Å². The topological polar surface area (TPSA) is 146 Å². The fraction of sp³-hybridized carbons (Fsp3) is 0.941. The van der Waals surface area contributed by atoms with Crippen LogP contribution < -0.4 is 0 Å². The van der Waals surface area contributed by atoms with Crippen molar-refractivity contribution in [1.82, 2.24) is 0 Å². The Bertz CT molecular complexity index is 390. The summed E-state index contributed by atoms with van der Waals surface area (Å²) in [6, 6.07) is 0. The molecule has 154 valence electrons. The molecule has 1 aliphatic rings. The molecule has 0 amide bonds. The van der Waals surface area contributed by atoms with Crippen LogP contribution in [0.15, 0.2) is 0 Å². The van der Waals surface area contributed by atoms with Gasteiger partial charge in [0.05, 0.1) is 13.2 Å². The third-order valence-electron chi connectivity index (χ3n) is 4.29. The third kappa shape index (κ3) is 7.43. The van der Waals surface area contributed by atoms with Crippen LogP contribution in [0.1, 0.15) is 45.4 Å². The first-order valence-electron chi connectivity index (χ1n) is 9.17. The van der Waals surface area contributed by atoms with Gasteiger partial charge in [-0.1, -0.05) is 32.6 Å². The number of unbranched alkanes of at least 4 members (excludes halogenated alkanes) is 4. The molecule has 0 aromatic heterocycles. The molecule has 0 saturated carbocycles. The maximum Gasteiger partial charge on any atom is 0.305 e. The number of hydrogen-bond donors (Lipinski definition) is 5. The number of ether oxygens (including phenoxy) is 3. The van der Waals surface area contributed by atoms with Gasteiger partial charge in [-0.15, -0.1) is 0 Å². The summed E-state index contributed by atoms with van der Waals surface area (Å²) in [5.41, 5.74) is 0. The smallest absolute Gasteiger partial charge is 0.305 e. The average Bonchev–Trinajstić information content (AvgIpc) is 2.64. The van der Waals surface area contributed by atoms with E-state index in [1.54, 1.807) is 0 Å². The fourth-order valence-corrected chi connectivity index (χ4v) is 2.64. The summed E-state index contributed by atoms with van der Waals surface area (Å²) in [5.74, 6) is -0.405. The van der Waals surface area contributed by atoms with Gasteiger partial charge in [-0.05, 0) is 6.42 Å². The zero-order chi connectivity index (χ0) is 19.5. The molecule has 26 heavy (non-hydrogen) atoms. The second kappa shape index (κ2) is 12.6. The highest BCUT2D eigenvalue weighted by atomic mass is 16.7. The van der Waals surface area contributed by atoms with Gasteiger partial charge < -0.3 is 39.7 Å². The van der Waals surface area contributed by atoms with Gasteiger partial charge in [0.15, 0.2) is 6.29 Å². The van der Waals surface area contributed by atoms with Crippen molar-refractivity contribution in [3.8, 4) is 0 Å². The lowest BCUT2D eigenvalue weighted by atomic mass is 9.99. The zero-order valence-corrected chi connectivity index (χ0v) is 15.2. The van der Waals surface area contributed by atoms with Gasteiger partial charge in [0.2, 0.25) is 0 Å². The van der Waals surface area contributed by atoms with E-state index in [1.807, 2.05) is 0 Å². The molecule has 0 spiro atoms. The highest BCUT2D eigenvalue weighted by Gasteiger charge is 2.44. The Labute approximate surface area is 153 Å². The van der Waals surface area contributed by atoms with Crippen LogP contribution >= 0.6 is 0 Å². The van der Waals surface area contributed by atoms with E-state index in [2.05, 4.69) is 6.92 Å². The number of carbonyl (C=O) groups excluding carboxylic acids is 1. The van der Waals surface area contributed by atoms with Crippen LogP contribution in [0.5, 0.6) is 0 Å². The summed E-state index contributed by atoms with van der Waals surface area (Å²) in [6.07, 6.45) is -2.80. The van der Waals surface area contributed by atoms with Gasteiger partial charge in [-0.3, -0.25) is 4.79 Å². The van der Waals surface area contributed by atoms with Gasteiger partial charge in [0, 0.05) is 6.42 Å². The van der Waals surface area contributed by atoms with E-state index >= 15 is 0 Å². The molecular formula is C17H32O9. The van der Waals surface area contributed by atoms with E-state index in [9.17, 15) is 25.2 Å². The summed E-state index contributed by atoms with van der Waals surface area (Å²) in [5, 5.41) is 47.8. The SMILES string of the molecule is CCCCCCCC(=O)OCC(CO)OC1O[C@H](CO)[C@H](O)[C@H](O)[C@H]1O. The zero-order valence-electron chi connectivity index (χ0n) is 15.2. The quantitative estimate of drug-likeness (QED) is 0.214. The first-order chi connectivity index (χ1) is 12.4. The lowest BCUT2D eigenvalue weighted by Gasteiger charge is -2.40. The van der Waals surface area contributed by atoms with Gasteiger partial charge >= 0.3 is 5.97 Å². The predicted molar refractivity (Wildman–Crippen MR) is 90.1 cm³/mol. The Morgan fingerprint density at radius 1 is 1.04 bits per heavy atom. The molecule has 9 nitrogen and oxygen atoms in total. The summed E-state index contributed by atoms with van der Waals surface area (Å²) in [6.45, 7) is 0.790. The maximum atomic E-state index is 11.7. The van der Waals surface area contributed by atoms with Crippen molar-refractivity contribution in [1.29, 1.82) is 0 Å². The Kier molecular flexibility index (Phi) is 11.2. The molecular weight excluding hydrogens is 348 g/mol. The maximum absolute atomic E-state index is 11.7. The Morgan fingerprint density at radius 3 is 2.35 bits per heavy atom. The monoisotopic (exact) mass is 380 g/mol. The highest BCUT2D eigenvalue weighted by molar-refractivity contribution is 5.69. The minimum Gasteiger partial charge on any atom is -0.463 e. The number of hydrogen-bond acceptors (Lipinski definition) is 9. The summed E-state index contributed by atoms with van der Waals surface area (Å²) >= 11 is 0. The summed E-state index contributed by atoms with van der Waals surface area (Å²) in [7, 11) is 0.